The highest BCUT2D eigenvalue weighted by Gasteiger charge is 2.18. The molecule has 28 heavy (non-hydrogen) atoms. The van der Waals surface area contributed by atoms with Gasteiger partial charge in [-0.1, -0.05) is 15.9 Å². The SMILES string of the molecule is Cc1ncc(CNCc2ccco2)c2cc(C(=O)c3ccc(Br)cc3)oc12.Cl. The van der Waals surface area contributed by atoms with Crippen LogP contribution in [0.5, 0.6) is 0 Å². The largest absolute Gasteiger partial charge is 0.468 e. The molecule has 4 rings (SSSR count). The fraction of sp³-hybridized carbons (Fsp3) is 0.143. The van der Waals surface area contributed by atoms with Gasteiger partial charge in [0.15, 0.2) is 11.3 Å². The number of furan rings is 2. The lowest BCUT2D eigenvalue weighted by molar-refractivity contribution is 0.101. The smallest absolute Gasteiger partial charge is 0.228 e. The summed E-state index contributed by atoms with van der Waals surface area (Å²) >= 11 is 3.38. The van der Waals surface area contributed by atoms with Crippen molar-refractivity contribution in [1.82, 2.24) is 10.3 Å². The number of rotatable bonds is 6. The molecular weight excluding hydrogens is 444 g/mol. The first-order valence-electron chi connectivity index (χ1n) is 8.53. The molecule has 0 amide bonds. The number of hydrogen-bond donors (Lipinski definition) is 1. The number of ketones is 1. The van der Waals surface area contributed by atoms with E-state index in [2.05, 4.69) is 26.2 Å². The Morgan fingerprint density at radius 1 is 1.18 bits per heavy atom. The van der Waals surface area contributed by atoms with Crippen LogP contribution in [0.1, 0.15) is 33.1 Å². The summed E-state index contributed by atoms with van der Waals surface area (Å²) in [5.41, 5.74) is 2.96. The molecule has 0 bridgehead atoms. The molecule has 0 saturated heterocycles. The van der Waals surface area contributed by atoms with Gasteiger partial charge in [-0.2, -0.15) is 0 Å². The zero-order chi connectivity index (χ0) is 18.8. The van der Waals surface area contributed by atoms with Crippen LogP contribution >= 0.6 is 28.3 Å². The van der Waals surface area contributed by atoms with Crippen molar-refractivity contribution in [3.8, 4) is 0 Å². The summed E-state index contributed by atoms with van der Waals surface area (Å²) in [6.07, 6.45) is 3.47. The van der Waals surface area contributed by atoms with Crippen molar-refractivity contribution in [2.75, 3.05) is 0 Å². The second-order valence-corrected chi connectivity index (χ2v) is 7.16. The van der Waals surface area contributed by atoms with Gasteiger partial charge in [-0.25, -0.2) is 0 Å². The minimum Gasteiger partial charge on any atom is -0.468 e. The lowest BCUT2D eigenvalue weighted by atomic mass is 10.1. The van der Waals surface area contributed by atoms with Gasteiger partial charge in [0, 0.05) is 28.2 Å². The standard InChI is InChI=1S/C21H17BrN2O3.ClH/c1-13-21-18(15(11-24-13)10-23-12-17-3-2-8-26-17)9-19(27-21)20(25)14-4-6-16(22)7-5-14;/h2-9,11,23H,10,12H2,1H3;1H. The summed E-state index contributed by atoms with van der Waals surface area (Å²) in [6.45, 7) is 3.08. The summed E-state index contributed by atoms with van der Waals surface area (Å²) in [5, 5.41) is 4.22. The van der Waals surface area contributed by atoms with Crippen LogP contribution in [0.4, 0.5) is 0 Å². The third-order valence-corrected chi connectivity index (χ3v) is 4.87. The van der Waals surface area contributed by atoms with Crippen LogP contribution in [0.2, 0.25) is 0 Å². The van der Waals surface area contributed by atoms with E-state index in [1.54, 1.807) is 24.5 Å². The first-order valence-corrected chi connectivity index (χ1v) is 9.32. The number of halogens is 2. The second kappa shape index (κ2) is 8.73. The molecule has 1 aromatic carbocycles. The van der Waals surface area contributed by atoms with Crippen molar-refractivity contribution in [1.29, 1.82) is 0 Å². The fourth-order valence-electron chi connectivity index (χ4n) is 2.93. The molecule has 144 valence electrons. The normalized spacial score (nSPS) is 10.8. The molecule has 7 heteroatoms. The number of pyridine rings is 1. The summed E-state index contributed by atoms with van der Waals surface area (Å²) < 4.78 is 12.1. The van der Waals surface area contributed by atoms with E-state index in [4.69, 9.17) is 8.83 Å². The molecule has 5 nitrogen and oxygen atoms in total. The van der Waals surface area contributed by atoms with Crippen molar-refractivity contribution in [2.24, 2.45) is 0 Å². The molecular formula is C21H18BrClN2O3. The molecule has 1 N–H and O–H groups in total. The third kappa shape index (κ3) is 4.19. The van der Waals surface area contributed by atoms with Crippen molar-refractivity contribution in [3.05, 3.63) is 87.7 Å². The summed E-state index contributed by atoms with van der Waals surface area (Å²) in [6, 6.07) is 12.8. The lowest BCUT2D eigenvalue weighted by Crippen LogP contribution is -2.12. The number of aryl methyl sites for hydroxylation is 1. The first-order chi connectivity index (χ1) is 13.1. The fourth-order valence-corrected chi connectivity index (χ4v) is 3.20. The Bertz CT molecular complexity index is 1090. The third-order valence-electron chi connectivity index (χ3n) is 4.35. The number of aromatic nitrogens is 1. The molecule has 4 aromatic rings. The highest BCUT2D eigenvalue weighted by molar-refractivity contribution is 9.10. The molecule has 0 atom stereocenters. The van der Waals surface area contributed by atoms with E-state index < -0.39 is 0 Å². The van der Waals surface area contributed by atoms with Crippen molar-refractivity contribution in [2.45, 2.75) is 20.0 Å². The van der Waals surface area contributed by atoms with Gasteiger partial charge >= 0.3 is 0 Å². The molecule has 0 aliphatic carbocycles. The van der Waals surface area contributed by atoms with E-state index in [1.807, 2.05) is 37.4 Å². The number of carbonyl (C=O) groups is 1. The Balaban J connectivity index is 0.00000225. The van der Waals surface area contributed by atoms with Gasteiger partial charge in [0.25, 0.3) is 0 Å². The second-order valence-electron chi connectivity index (χ2n) is 6.24. The van der Waals surface area contributed by atoms with Crippen LogP contribution in [0.3, 0.4) is 0 Å². The quantitative estimate of drug-likeness (QED) is 0.388. The number of nitrogens with one attached hydrogen (secondary N) is 1. The molecule has 0 saturated carbocycles. The molecule has 3 heterocycles. The van der Waals surface area contributed by atoms with E-state index in [-0.39, 0.29) is 18.2 Å². The Morgan fingerprint density at radius 3 is 2.68 bits per heavy atom. The Hall–Kier alpha value is -2.41. The maximum atomic E-state index is 12.8. The van der Waals surface area contributed by atoms with Crippen molar-refractivity contribution < 1.29 is 13.6 Å². The Morgan fingerprint density at radius 2 is 1.96 bits per heavy atom. The molecule has 3 aromatic heterocycles. The van der Waals surface area contributed by atoms with Gasteiger partial charge in [0.2, 0.25) is 5.78 Å². The van der Waals surface area contributed by atoms with E-state index >= 15 is 0 Å². The van der Waals surface area contributed by atoms with Gasteiger partial charge in [-0.05, 0) is 55.0 Å². The number of fused-ring (bicyclic) bond motifs is 1. The summed E-state index contributed by atoms with van der Waals surface area (Å²) in [7, 11) is 0. The van der Waals surface area contributed by atoms with Gasteiger partial charge < -0.3 is 14.2 Å². The molecule has 0 radical (unpaired) electrons. The van der Waals surface area contributed by atoms with Crippen LogP contribution < -0.4 is 5.32 Å². The van der Waals surface area contributed by atoms with Crippen molar-refractivity contribution >= 4 is 45.1 Å². The highest BCUT2D eigenvalue weighted by Crippen LogP contribution is 2.27. The summed E-state index contributed by atoms with van der Waals surface area (Å²) in [5.74, 6) is 1.04. The van der Waals surface area contributed by atoms with E-state index in [9.17, 15) is 4.79 Å². The van der Waals surface area contributed by atoms with Gasteiger partial charge in [-0.15, -0.1) is 12.4 Å². The van der Waals surface area contributed by atoms with Gasteiger partial charge in [-0.3, -0.25) is 9.78 Å². The van der Waals surface area contributed by atoms with Crippen LogP contribution in [0.15, 0.2) is 68.2 Å². The zero-order valence-corrected chi connectivity index (χ0v) is 17.5. The minimum absolute atomic E-state index is 0. The first kappa shape index (κ1) is 20.3. The maximum absolute atomic E-state index is 12.8. The van der Waals surface area contributed by atoms with Crippen molar-refractivity contribution in [3.63, 3.8) is 0 Å². The van der Waals surface area contributed by atoms with E-state index in [0.29, 0.717) is 30.0 Å². The highest BCUT2D eigenvalue weighted by atomic mass is 79.9. The number of carbonyl (C=O) groups excluding carboxylic acids is 1. The monoisotopic (exact) mass is 460 g/mol. The van der Waals surface area contributed by atoms with Gasteiger partial charge in [0.1, 0.15) is 5.76 Å². The van der Waals surface area contributed by atoms with E-state index in [1.165, 1.54) is 0 Å². The Labute approximate surface area is 176 Å². The number of benzene rings is 1. The predicted octanol–water partition coefficient (Wildman–Crippen LogP) is 5.43. The zero-order valence-electron chi connectivity index (χ0n) is 15.1. The maximum Gasteiger partial charge on any atom is 0.228 e. The minimum atomic E-state index is -0.146. The molecule has 0 fully saturated rings. The lowest BCUT2D eigenvalue weighted by Gasteiger charge is -2.05. The van der Waals surface area contributed by atoms with E-state index in [0.717, 1.165) is 26.9 Å². The average Bonchev–Trinajstić information content (AvgIpc) is 3.34. The summed E-state index contributed by atoms with van der Waals surface area (Å²) in [4.78, 5) is 17.2. The topological polar surface area (TPSA) is 68.3 Å². The van der Waals surface area contributed by atoms with Crippen LogP contribution in [0, 0.1) is 6.92 Å². The Kier molecular flexibility index (Phi) is 6.34. The average molecular weight is 462 g/mol. The van der Waals surface area contributed by atoms with Crippen LogP contribution in [0.25, 0.3) is 11.0 Å². The molecule has 0 unspecified atom stereocenters. The number of hydrogen-bond acceptors (Lipinski definition) is 5. The number of nitrogens with zero attached hydrogens (tertiary/aromatic N) is 1. The molecule has 0 spiro atoms. The predicted molar refractivity (Wildman–Crippen MR) is 113 cm³/mol. The van der Waals surface area contributed by atoms with Gasteiger partial charge in [0.05, 0.1) is 18.5 Å². The van der Waals surface area contributed by atoms with Crippen LogP contribution in [-0.2, 0) is 13.1 Å². The molecule has 0 aliphatic heterocycles. The van der Waals surface area contributed by atoms with Crippen LogP contribution in [-0.4, -0.2) is 10.8 Å². The molecule has 0 aliphatic rings.